The van der Waals surface area contributed by atoms with Crippen LogP contribution in [0.4, 0.5) is 17.1 Å². The van der Waals surface area contributed by atoms with Gasteiger partial charge in [0.05, 0.1) is 21.1 Å². The number of carbonyl (C=O) groups is 2. The van der Waals surface area contributed by atoms with E-state index in [2.05, 4.69) is 10.0 Å². The van der Waals surface area contributed by atoms with E-state index in [0.29, 0.717) is 5.69 Å². The Hall–Kier alpha value is -4.25. The van der Waals surface area contributed by atoms with Crippen molar-refractivity contribution >= 4 is 39.0 Å². The van der Waals surface area contributed by atoms with Gasteiger partial charge in [-0.25, -0.2) is 13.2 Å². The van der Waals surface area contributed by atoms with E-state index in [0.717, 1.165) is 28.8 Å². The number of aryl methyl sites for hydroxylation is 3. The van der Waals surface area contributed by atoms with Crippen LogP contribution in [0.15, 0.2) is 65.6 Å². The fourth-order valence-corrected chi connectivity index (χ4v) is 4.60. The molecule has 0 heterocycles. The first-order valence-corrected chi connectivity index (χ1v) is 11.9. The molecule has 11 heteroatoms. The number of nitrogens with zero attached hydrogens (tertiary/aromatic N) is 1. The van der Waals surface area contributed by atoms with Crippen LogP contribution in [0, 0.1) is 30.9 Å². The van der Waals surface area contributed by atoms with Gasteiger partial charge in [0.2, 0.25) is 0 Å². The van der Waals surface area contributed by atoms with Crippen molar-refractivity contribution in [3.63, 3.8) is 0 Å². The molecule has 0 aliphatic rings. The van der Waals surface area contributed by atoms with Crippen LogP contribution >= 0.6 is 0 Å². The lowest BCUT2D eigenvalue weighted by atomic mass is 10.1. The number of nitrogens with one attached hydrogen (secondary N) is 2. The summed E-state index contributed by atoms with van der Waals surface area (Å²) in [4.78, 5) is 34.9. The number of non-ortho nitro benzene ring substituents is 1. The average Bonchev–Trinajstić information content (AvgIpc) is 2.80. The largest absolute Gasteiger partial charge is 0.452 e. The van der Waals surface area contributed by atoms with Gasteiger partial charge in [0.1, 0.15) is 0 Å². The number of hydrogen-bond donors (Lipinski definition) is 2. The van der Waals surface area contributed by atoms with Gasteiger partial charge in [-0.3, -0.25) is 19.6 Å². The van der Waals surface area contributed by atoms with Crippen molar-refractivity contribution < 1.29 is 27.7 Å². The van der Waals surface area contributed by atoms with E-state index < -0.39 is 39.1 Å². The topological polar surface area (TPSA) is 145 Å². The highest BCUT2D eigenvalue weighted by Gasteiger charge is 2.22. The molecule has 10 nitrogen and oxygen atoms in total. The summed E-state index contributed by atoms with van der Waals surface area (Å²) in [5.74, 6) is -1.47. The van der Waals surface area contributed by atoms with Crippen LogP contribution in [-0.4, -0.2) is 31.8 Å². The number of nitro benzene ring substituents is 1. The Morgan fingerprint density at radius 1 is 0.971 bits per heavy atom. The van der Waals surface area contributed by atoms with Gasteiger partial charge in [-0.05, 0) is 50.1 Å². The molecule has 3 aromatic carbocycles. The lowest BCUT2D eigenvalue weighted by Crippen LogP contribution is -2.23. The van der Waals surface area contributed by atoms with Crippen LogP contribution < -0.4 is 10.0 Å². The molecule has 0 aliphatic carbocycles. The summed E-state index contributed by atoms with van der Waals surface area (Å²) < 4.78 is 32.9. The molecule has 0 radical (unpaired) electrons. The summed E-state index contributed by atoms with van der Waals surface area (Å²) in [5, 5.41) is 13.7. The third-order valence-electron chi connectivity index (χ3n) is 5.01. The molecule has 0 atom stereocenters. The Kier molecular flexibility index (Phi) is 7.50. The normalized spacial score (nSPS) is 10.9. The van der Waals surface area contributed by atoms with Crippen LogP contribution in [0.25, 0.3) is 0 Å². The molecular formula is C24H23N3O7S. The first kappa shape index (κ1) is 25.4. The summed E-state index contributed by atoms with van der Waals surface area (Å²) in [7, 11) is -4.25. The lowest BCUT2D eigenvalue weighted by Gasteiger charge is -2.14. The minimum Gasteiger partial charge on any atom is -0.452 e. The number of ether oxygens (including phenoxy) is 1. The van der Waals surface area contributed by atoms with Crippen molar-refractivity contribution in [1.29, 1.82) is 0 Å². The maximum Gasteiger partial charge on any atom is 0.340 e. The van der Waals surface area contributed by atoms with Gasteiger partial charge < -0.3 is 10.1 Å². The molecule has 0 unspecified atom stereocenters. The number of para-hydroxylation sites is 1. The molecule has 0 bridgehead atoms. The van der Waals surface area contributed by atoms with Gasteiger partial charge in [0.25, 0.3) is 21.6 Å². The Balaban J connectivity index is 1.73. The summed E-state index contributed by atoms with van der Waals surface area (Å²) in [6.07, 6.45) is 0. The van der Waals surface area contributed by atoms with E-state index in [4.69, 9.17) is 4.74 Å². The van der Waals surface area contributed by atoms with Crippen molar-refractivity contribution in [2.75, 3.05) is 16.6 Å². The second kappa shape index (κ2) is 10.3. The van der Waals surface area contributed by atoms with Crippen LogP contribution in [0.3, 0.4) is 0 Å². The highest BCUT2D eigenvalue weighted by Crippen LogP contribution is 2.24. The Bertz CT molecular complexity index is 1400. The summed E-state index contributed by atoms with van der Waals surface area (Å²) in [6.45, 7) is 5.06. The van der Waals surface area contributed by atoms with E-state index in [1.54, 1.807) is 0 Å². The van der Waals surface area contributed by atoms with Gasteiger partial charge in [0.15, 0.2) is 6.61 Å². The minimum absolute atomic E-state index is 0.102. The van der Waals surface area contributed by atoms with Gasteiger partial charge in [-0.15, -0.1) is 0 Å². The number of anilines is 2. The first-order chi connectivity index (χ1) is 16.5. The van der Waals surface area contributed by atoms with E-state index in [1.807, 2.05) is 32.9 Å². The van der Waals surface area contributed by atoms with Gasteiger partial charge >= 0.3 is 5.97 Å². The zero-order valence-electron chi connectivity index (χ0n) is 19.2. The molecule has 0 spiro atoms. The number of sulfonamides is 1. The maximum atomic E-state index is 12.8. The van der Waals surface area contributed by atoms with E-state index >= 15 is 0 Å². The van der Waals surface area contributed by atoms with Crippen LogP contribution in [0.5, 0.6) is 0 Å². The van der Waals surface area contributed by atoms with Gasteiger partial charge in [-0.1, -0.05) is 35.9 Å². The maximum absolute atomic E-state index is 12.8. The molecule has 182 valence electrons. The van der Waals surface area contributed by atoms with Crippen LogP contribution in [0.2, 0.25) is 0 Å². The first-order valence-electron chi connectivity index (χ1n) is 10.4. The number of benzene rings is 3. The number of carbonyl (C=O) groups excluding carboxylic acids is 2. The fraction of sp³-hybridized carbons (Fsp3) is 0.167. The molecule has 3 rings (SSSR count). The van der Waals surface area contributed by atoms with Crippen LogP contribution in [-0.2, 0) is 19.6 Å². The lowest BCUT2D eigenvalue weighted by molar-refractivity contribution is -0.385. The van der Waals surface area contributed by atoms with Crippen molar-refractivity contribution in [3.05, 3.63) is 93.0 Å². The van der Waals surface area contributed by atoms with E-state index in [9.17, 15) is 28.1 Å². The molecule has 1 amide bonds. The Morgan fingerprint density at radius 3 is 2.29 bits per heavy atom. The molecule has 2 N–H and O–H groups in total. The predicted molar refractivity (Wildman–Crippen MR) is 130 cm³/mol. The van der Waals surface area contributed by atoms with Crippen molar-refractivity contribution in [2.45, 2.75) is 25.7 Å². The van der Waals surface area contributed by atoms with Gasteiger partial charge in [0, 0.05) is 17.8 Å². The molecule has 0 aliphatic heterocycles. The van der Waals surface area contributed by atoms with Crippen molar-refractivity contribution in [3.8, 4) is 0 Å². The molecule has 3 aromatic rings. The third kappa shape index (κ3) is 6.21. The second-order valence-electron chi connectivity index (χ2n) is 7.80. The summed E-state index contributed by atoms with van der Waals surface area (Å²) in [6, 6.07) is 14.0. The molecule has 35 heavy (non-hydrogen) atoms. The van der Waals surface area contributed by atoms with Crippen LogP contribution in [0.1, 0.15) is 27.0 Å². The summed E-state index contributed by atoms with van der Waals surface area (Å²) >= 11 is 0. The van der Waals surface area contributed by atoms with E-state index in [-0.39, 0.29) is 16.1 Å². The molecule has 0 aromatic heterocycles. The number of nitro groups is 1. The SMILES string of the molecule is Cc1cc(C)c(NC(=O)COC(=O)c2ccccc2NS(=O)(=O)c2cccc([N+](=O)[O-])c2)c(C)c1. The highest BCUT2D eigenvalue weighted by molar-refractivity contribution is 7.92. The second-order valence-corrected chi connectivity index (χ2v) is 9.49. The average molecular weight is 498 g/mol. The quantitative estimate of drug-likeness (QED) is 0.270. The van der Waals surface area contributed by atoms with Crippen molar-refractivity contribution in [1.82, 2.24) is 0 Å². The van der Waals surface area contributed by atoms with Gasteiger partial charge in [-0.2, -0.15) is 0 Å². The smallest absolute Gasteiger partial charge is 0.340 e. The highest BCUT2D eigenvalue weighted by atomic mass is 32.2. The zero-order valence-corrected chi connectivity index (χ0v) is 20.0. The summed E-state index contributed by atoms with van der Waals surface area (Å²) in [5.41, 5.74) is 2.78. The van der Waals surface area contributed by atoms with Crippen molar-refractivity contribution in [2.24, 2.45) is 0 Å². The standard InChI is InChI=1S/C24H23N3O7S/c1-15-11-16(2)23(17(3)12-15)25-22(28)14-34-24(29)20-9-4-5-10-21(20)26-35(32,33)19-8-6-7-18(13-19)27(30)31/h4-13,26H,14H2,1-3H3,(H,25,28). The monoisotopic (exact) mass is 497 g/mol. The molecule has 0 saturated carbocycles. The number of rotatable bonds is 8. The molecule has 0 saturated heterocycles. The Morgan fingerprint density at radius 2 is 1.63 bits per heavy atom. The number of amides is 1. The zero-order chi connectivity index (χ0) is 25.8. The third-order valence-corrected chi connectivity index (χ3v) is 6.37. The fourth-order valence-electron chi connectivity index (χ4n) is 3.48. The predicted octanol–water partition coefficient (Wildman–Crippen LogP) is 4.12. The molecule has 0 fully saturated rings. The van der Waals surface area contributed by atoms with E-state index in [1.165, 1.54) is 36.4 Å². The molecular weight excluding hydrogens is 474 g/mol. The number of esters is 1. The Labute approximate surface area is 202 Å². The number of hydrogen-bond acceptors (Lipinski definition) is 7. The minimum atomic E-state index is -4.25.